The van der Waals surface area contributed by atoms with Crippen LogP contribution < -0.4 is 9.46 Å². The molecule has 0 atom stereocenters. The van der Waals surface area contributed by atoms with Crippen molar-refractivity contribution in [3.63, 3.8) is 0 Å². The largest absolute Gasteiger partial charge is 0.495 e. The van der Waals surface area contributed by atoms with Gasteiger partial charge in [0.15, 0.2) is 0 Å². The minimum atomic E-state index is -3.80. The maximum absolute atomic E-state index is 12.2. The van der Waals surface area contributed by atoms with Crippen molar-refractivity contribution in [1.29, 1.82) is 0 Å². The first-order valence-corrected chi connectivity index (χ1v) is 8.99. The molecule has 2 rings (SSSR count). The molecule has 1 fully saturated rings. The number of carbonyl (C=O) groups excluding carboxylic acids is 1. The second-order valence-electron chi connectivity index (χ2n) is 5.30. The van der Waals surface area contributed by atoms with Gasteiger partial charge in [-0.1, -0.05) is 11.6 Å². The van der Waals surface area contributed by atoms with E-state index in [9.17, 15) is 13.2 Å². The molecule has 1 amide bonds. The van der Waals surface area contributed by atoms with E-state index in [2.05, 4.69) is 9.62 Å². The Hall–Kier alpha value is -1.35. The third-order valence-electron chi connectivity index (χ3n) is 3.70. The normalized spacial score (nSPS) is 16.4. The lowest BCUT2D eigenvalue weighted by molar-refractivity contribution is -0.131. The summed E-state index contributed by atoms with van der Waals surface area (Å²) in [5.41, 5.74) is 0. The van der Waals surface area contributed by atoms with Gasteiger partial charge in [0, 0.05) is 26.2 Å². The number of methoxy groups -OCH3 is 1. The van der Waals surface area contributed by atoms with Gasteiger partial charge in [-0.15, -0.1) is 0 Å². The van der Waals surface area contributed by atoms with Crippen LogP contribution in [-0.2, 0) is 14.8 Å². The summed E-state index contributed by atoms with van der Waals surface area (Å²) in [5, 5.41) is 0.195. The lowest BCUT2D eigenvalue weighted by Crippen LogP contribution is -2.50. The summed E-state index contributed by atoms with van der Waals surface area (Å²) >= 11 is 5.94. The van der Waals surface area contributed by atoms with Crippen molar-refractivity contribution in [2.75, 3.05) is 46.9 Å². The van der Waals surface area contributed by atoms with E-state index in [4.69, 9.17) is 16.3 Å². The number of amides is 1. The highest BCUT2D eigenvalue weighted by molar-refractivity contribution is 7.89. The number of nitrogens with zero attached hydrogens (tertiary/aromatic N) is 2. The van der Waals surface area contributed by atoms with Crippen molar-refractivity contribution in [2.45, 2.75) is 4.90 Å². The van der Waals surface area contributed by atoms with Gasteiger partial charge >= 0.3 is 0 Å². The molecule has 128 valence electrons. The third-order valence-corrected chi connectivity index (χ3v) is 5.40. The van der Waals surface area contributed by atoms with E-state index in [-0.39, 0.29) is 22.4 Å². The first-order valence-electron chi connectivity index (χ1n) is 7.13. The molecule has 1 saturated heterocycles. The molecule has 0 aromatic heterocycles. The van der Waals surface area contributed by atoms with Gasteiger partial charge in [0.25, 0.3) is 0 Å². The number of rotatable bonds is 5. The summed E-state index contributed by atoms with van der Waals surface area (Å²) in [5.74, 6) is 0.153. The Labute approximate surface area is 141 Å². The van der Waals surface area contributed by atoms with Crippen LogP contribution in [-0.4, -0.2) is 71.0 Å². The molecule has 0 unspecified atom stereocenters. The first-order chi connectivity index (χ1) is 10.8. The number of halogens is 1. The quantitative estimate of drug-likeness (QED) is 0.821. The Morgan fingerprint density at radius 1 is 1.30 bits per heavy atom. The molecule has 9 heteroatoms. The average Bonchev–Trinajstić information content (AvgIpc) is 2.53. The Morgan fingerprint density at radius 3 is 2.52 bits per heavy atom. The Balaban J connectivity index is 1.98. The number of hydrogen-bond donors (Lipinski definition) is 1. The molecule has 0 aliphatic carbocycles. The third kappa shape index (κ3) is 4.57. The number of ether oxygens (including phenoxy) is 1. The van der Waals surface area contributed by atoms with Crippen molar-refractivity contribution in [3.05, 3.63) is 23.2 Å². The second-order valence-corrected chi connectivity index (χ2v) is 7.48. The van der Waals surface area contributed by atoms with Crippen LogP contribution in [0.15, 0.2) is 23.1 Å². The summed E-state index contributed by atoms with van der Waals surface area (Å²) in [6.07, 6.45) is 0. The minimum Gasteiger partial charge on any atom is -0.495 e. The van der Waals surface area contributed by atoms with E-state index in [1.165, 1.54) is 25.3 Å². The number of carbonyl (C=O) groups is 1. The van der Waals surface area contributed by atoms with Crippen molar-refractivity contribution in [2.24, 2.45) is 0 Å². The molecule has 0 saturated carbocycles. The van der Waals surface area contributed by atoms with E-state index in [1.54, 1.807) is 4.90 Å². The molecule has 1 aromatic carbocycles. The molecule has 1 aliphatic heterocycles. The van der Waals surface area contributed by atoms with Gasteiger partial charge in [0.2, 0.25) is 15.9 Å². The zero-order valence-electron chi connectivity index (χ0n) is 13.1. The summed E-state index contributed by atoms with van der Waals surface area (Å²) in [6.45, 7) is 2.51. The van der Waals surface area contributed by atoms with Crippen molar-refractivity contribution >= 4 is 27.5 Å². The smallest absolute Gasteiger partial charge is 0.241 e. The predicted molar refractivity (Wildman–Crippen MR) is 87.3 cm³/mol. The van der Waals surface area contributed by atoms with Gasteiger partial charge in [-0.25, -0.2) is 13.1 Å². The topological polar surface area (TPSA) is 78.9 Å². The lowest BCUT2D eigenvalue weighted by Gasteiger charge is -2.32. The zero-order valence-corrected chi connectivity index (χ0v) is 14.7. The molecule has 0 bridgehead atoms. The van der Waals surface area contributed by atoms with E-state index in [1.807, 2.05) is 7.05 Å². The first kappa shape index (κ1) is 18.0. The zero-order chi connectivity index (χ0) is 17.0. The average molecular weight is 362 g/mol. The molecule has 1 aromatic rings. The van der Waals surface area contributed by atoms with Gasteiger partial charge in [-0.3, -0.25) is 4.79 Å². The van der Waals surface area contributed by atoms with Gasteiger partial charge in [0.1, 0.15) is 5.75 Å². The molecule has 1 aliphatic rings. The number of hydrogen-bond acceptors (Lipinski definition) is 5. The number of nitrogens with one attached hydrogen (secondary N) is 1. The molecule has 1 heterocycles. The van der Waals surface area contributed by atoms with Crippen LogP contribution in [0.2, 0.25) is 5.02 Å². The molecule has 0 radical (unpaired) electrons. The highest BCUT2D eigenvalue weighted by atomic mass is 35.5. The van der Waals surface area contributed by atoms with Gasteiger partial charge in [-0.2, -0.15) is 0 Å². The highest BCUT2D eigenvalue weighted by Gasteiger charge is 2.22. The number of benzene rings is 1. The van der Waals surface area contributed by atoms with E-state index >= 15 is 0 Å². The summed E-state index contributed by atoms with van der Waals surface area (Å²) in [4.78, 5) is 15.9. The van der Waals surface area contributed by atoms with Crippen LogP contribution in [0.25, 0.3) is 0 Å². The van der Waals surface area contributed by atoms with Crippen molar-refractivity contribution in [1.82, 2.24) is 14.5 Å². The minimum absolute atomic E-state index is 0.00511. The van der Waals surface area contributed by atoms with E-state index in [0.29, 0.717) is 18.8 Å². The SMILES string of the molecule is COc1ccc(S(=O)(=O)NCC(=O)N2CCN(C)CC2)cc1Cl. The Kier molecular flexibility index (Phi) is 5.85. The van der Waals surface area contributed by atoms with Gasteiger partial charge in [0.05, 0.1) is 23.6 Å². The second kappa shape index (κ2) is 7.48. The summed E-state index contributed by atoms with van der Waals surface area (Å²) < 4.78 is 31.8. The summed E-state index contributed by atoms with van der Waals surface area (Å²) in [7, 11) is -0.369. The molecule has 1 N–H and O–H groups in total. The van der Waals surface area contributed by atoms with Crippen LogP contribution in [0.1, 0.15) is 0 Å². The van der Waals surface area contributed by atoms with E-state index in [0.717, 1.165) is 13.1 Å². The molecular formula is C14H20ClN3O4S. The standard InChI is InChI=1S/C14H20ClN3O4S/c1-17-5-7-18(8-6-17)14(19)10-16-23(20,21)11-3-4-13(22-2)12(15)9-11/h3-4,9,16H,5-8,10H2,1-2H3. The van der Waals surface area contributed by atoms with Gasteiger partial charge in [-0.05, 0) is 25.2 Å². The lowest BCUT2D eigenvalue weighted by atomic mass is 10.3. The fraction of sp³-hybridized carbons (Fsp3) is 0.500. The monoisotopic (exact) mass is 361 g/mol. The van der Waals surface area contributed by atoms with Gasteiger partial charge < -0.3 is 14.5 Å². The predicted octanol–water partition coefficient (Wildman–Crippen LogP) is 0.401. The number of likely N-dealkylation sites (N-methyl/N-ethyl adjacent to an activating group) is 1. The van der Waals surface area contributed by atoms with Crippen LogP contribution >= 0.6 is 11.6 Å². The number of piperazine rings is 1. The van der Waals surface area contributed by atoms with Crippen molar-refractivity contribution in [3.8, 4) is 5.75 Å². The van der Waals surface area contributed by atoms with E-state index < -0.39 is 10.0 Å². The maximum Gasteiger partial charge on any atom is 0.241 e. The number of sulfonamides is 1. The highest BCUT2D eigenvalue weighted by Crippen LogP contribution is 2.26. The summed E-state index contributed by atoms with van der Waals surface area (Å²) in [6, 6.07) is 4.15. The van der Waals surface area contributed by atoms with Crippen LogP contribution in [0.3, 0.4) is 0 Å². The Bertz CT molecular complexity index is 673. The molecule has 0 spiro atoms. The molecule has 7 nitrogen and oxygen atoms in total. The Morgan fingerprint density at radius 2 is 1.96 bits per heavy atom. The maximum atomic E-state index is 12.2. The van der Waals surface area contributed by atoms with Crippen molar-refractivity contribution < 1.29 is 17.9 Å². The molecular weight excluding hydrogens is 342 g/mol. The fourth-order valence-electron chi connectivity index (χ4n) is 2.22. The van der Waals surface area contributed by atoms with Crippen LogP contribution in [0.4, 0.5) is 0 Å². The van der Waals surface area contributed by atoms with Crippen LogP contribution in [0.5, 0.6) is 5.75 Å². The molecule has 23 heavy (non-hydrogen) atoms. The van der Waals surface area contributed by atoms with Crippen LogP contribution in [0, 0.1) is 0 Å². The fourth-order valence-corrected chi connectivity index (χ4v) is 3.54.